The number of aromatic hydroxyl groups is 1. The number of hydrogen-bond donors (Lipinski definition) is 1. The molecule has 0 atom stereocenters. The van der Waals surface area contributed by atoms with Crippen LogP contribution < -0.4 is 0 Å². The van der Waals surface area contributed by atoms with E-state index in [-0.39, 0.29) is 6.79 Å². The predicted octanol–water partition coefficient (Wildman–Crippen LogP) is 2.61. The number of hydrogen-bond acceptors (Lipinski definition) is 5. The van der Waals surface area contributed by atoms with Crippen molar-refractivity contribution in [3.63, 3.8) is 0 Å². The summed E-state index contributed by atoms with van der Waals surface area (Å²) in [5.41, 5.74) is 1.24. The highest BCUT2D eigenvalue weighted by molar-refractivity contribution is 5.28. The van der Waals surface area contributed by atoms with E-state index in [4.69, 9.17) is 19.6 Å². The van der Waals surface area contributed by atoms with Crippen LogP contribution in [0.5, 0.6) is 5.75 Å². The molecule has 1 heterocycles. The Morgan fingerprint density at radius 2 is 1.61 bits per heavy atom. The Morgan fingerprint density at radius 1 is 1.00 bits per heavy atom. The maximum absolute atomic E-state index is 9.28. The van der Waals surface area contributed by atoms with E-state index in [1.54, 1.807) is 12.1 Å². The average Bonchev–Trinajstić information content (AvgIpc) is 2.42. The van der Waals surface area contributed by atoms with Gasteiger partial charge in [-0.1, -0.05) is 12.1 Å². The second kappa shape index (κ2) is 4.85. The van der Waals surface area contributed by atoms with E-state index >= 15 is 0 Å². The standard InChI is InChI=1S/C13H16O5/c14-12-3-1-10(2-4-12)11-5-7-13(8-6-11)17-15-9-16-18-13/h1-4,11,14H,5-9H2. The fourth-order valence-corrected chi connectivity index (χ4v) is 2.60. The lowest BCUT2D eigenvalue weighted by Crippen LogP contribution is -2.43. The summed E-state index contributed by atoms with van der Waals surface area (Å²) >= 11 is 0. The van der Waals surface area contributed by atoms with Gasteiger partial charge in [0.25, 0.3) is 0 Å². The summed E-state index contributed by atoms with van der Waals surface area (Å²) in [5, 5.41) is 9.28. The van der Waals surface area contributed by atoms with Crippen molar-refractivity contribution in [2.45, 2.75) is 37.4 Å². The summed E-state index contributed by atoms with van der Waals surface area (Å²) in [4.78, 5) is 20.1. The monoisotopic (exact) mass is 252 g/mol. The van der Waals surface area contributed by atoms with Gasteiger partial charge in [0.05, 0.1) is 0 Å². The molecular weight excluding hydrogens is 236 g/mol. The smallest absolute Gasteiger partial charge is 0.234 e. The van der Waals surface area contributed by atoms with E-state index in [0.717, 1.165) is 25.7 Å². The van der Waals surface area contributed by atoms with Gasteiger partial charge in [0.15, 0.2) is 0 Å². The quantitative estimate of drug-likeness (QED) is 0.778. The van der Waals surface area contributed by atoms with Crippen LogP contribution in [-0.2, 0) is 19.6 Å². The summed E-state index contributed by atoms with van der Waals surface area (Å²) in [6, 6.07) is 7.38. The Morgan fingerprint density at radius 3 is 2.22 bits per heavy atom. The van der Waals surface area contributed by atoms with E-state index in [0.29, 0.717) is 11.7 Å². The molecule has 0 radical (unpaired) electrons. The van der Waals surface area contributed by atoms with Crippen molar-refractivity contribution in [1.82, 2.24) is 0 Å². The topological polar surface area (TPSA) is 57.2 Å². The third-order valence-corrected chi connectivity index (χ3v) is 3.63. The van der Waals surface area contributed by atoms with Crippen LogP contribution in [0.15, 0.2) is 24.3 Å². The van der Waals surface area contributed by atoms with Crippen LogP contribution in [0, 0.1) is 0 Å². The van der Waals surface area contributed by atoms with Crippen molar-refractivity contribution < 1.29 is 24.7 Å². The molecule has 0 amide bonds. The minimum absolute atomic E-state index is 0.0170. The molecule has 0 bridgehead atoms. The second-order valence-corrected chi connectivity index (χ2v) is 4.80. The first-order valence-electron chi connectivity index (χ1n) is 6.18. The van der Waals surface area contributed by atoms with Crippen LogP contribution in [-0.4, -0.2) is 17.7 Å². The molecule has 1 spiro atoms. The highest BCUT2D eigenvalue weighted by atomic mass is 17.4. The van der Waals surface area contributed by atoms with Gasteiger partial charge in [-0.05, 0) is 36.5 Å². The minimum Gasteiger partial charge on any atom is -0.508 e. The van der Waals surface area contributed by atoms with E-state index in [1.165, 1.54) is 5.56 Å². The number of benzene rings is 1. The first kappa shape index (κ1) is 11.9. The van der Waals surface area contributed by atoms with Gasteiger partial charge in [0.1, 0.15) is 5.75 Å². The molecule has 2 fully saturated rings. The molecule has 3 rings (SSSR count). The Hall–Kier alpha value is -1.14. The molecule has 18 heavy (non-hydrogen) atoms. The van der Waals surface area contributed by atoms with E-state index in [1.807, 2.05) is 12.1 Å². The van der Waals surface area contributed by atoms with Gasteiger partial charge in [-0.3, -0.25) is 0 Å². The molecule has 1 saturated heterocycles. The van der Waals surface area contributed by atoms with E-state index in [9.17, 15) is 5.11 Å². The Kier molecular flexibility index (Phi) is 3.22. The molecule has 1 N–H and O–H groups in total. The molecule has 2 aliphatic rings. The third kappa shape index (κ3) is 2.35. The van der Waals surface area contributed by atoms with E-state index < -0.39 is 5.79 Å². The SMILES string of the molecule is Oc1ccc(C2CCC3(CC2)OOCOO3)cc1. The lowest BCUT2D eigenvalue weighted by Gasteiger charge is -2.39. The molecule has 0 aromatic heterocycles. The Bertz CT molecular complexity index is 386. The van der Waals surface area contributed by atoms with Crippen LogP contribution in [0.3, 0.4) is 0 Å². The van der Waals surface area contributed by atoms with Crippen molar-refractivity contribution in [1.29, 1.82) is 0 Å². The van der Waals surface area contributed by atoms with Gasteiger partial charge in [0, 0.05) is 12.8 Å². The summed E-state index contributed by atoms with van der Waals surface area (Å²) in [5.74, 6) is 0.0307. The van der Waals surface area contributed by atoms with Gasteiger partial charge < -0.3 is 5.11 Å². The second-order valence-electron chi connectivity index (χ2n) is 4.80. The minimum atomic E-state index is -0.730. The predicted molar refractivity (Wildman–Crippen MR) is 61.3 cm³/mol. The number of phenols is 1. The Balaban J connectivity index is 1.64. The van der Waals surface area contributed by atoms with Crippen molar-refractivity contribution in [3.8, 4) is 5.75 Å². The summed E-state index contributed by atoms with van der Waals surface area (Å²) in [6.45, 7) is 0.0170. The van der Waals surface area contributed by atoms with Gasteiger partial charge in [0.2, 0.25) is 12.6 Å². The van der Waals surface area contributed by atoms with Gasteiger partial charge >= 0.3 is 0 Å². The maximum Gasteiger partial charge on any atom is 0.234 e. The molecule has 1 aromatic carbocycles. The number of phenolic OH excluding ortho intramolecular Hbond substituents is 1. The van der Waals surface area contributed by atoms with Crippen LogP contribution in [0.25, 0.3) is 0 Å². The lowest BCUT2D eigenvalue weighted by atomic mass is 9.81. The molecule has 0 unspecified atom stereocenters. The zero-order chi connectivity index (χ0) is 12.4. The fourth-order valence-electron chi connectivity index (χ4n) is 2.60. The summed E-state index contributed by atoms with van der Waals surface area (Å²) in [7, 11) is 0. The first-order valence-corrected chi connectivity index (χ1v) is 6.18. The van der Waals surface area contributed by atoms with Crippen molar-refractivity contribution >= 4 is 0 Å². The lowest BCUT2D eigenvalue weighted by molar-refractivity contribution is -0.602. The van der Waals surface area contributed by atoms with Crippen molar-refractivity contribution in [2.75, 3.05) is 6.79 Å². The normalized spacial score (nSPS) is 24.2. The zero-order valence-electron chi connectivity index (χ0n) is 10.0. The molecule has 98 valence electrons. The van der Waals surface area contributed by atoms with Crippen LogP contribution >= 0.6 is 0 Å². The largest absolute Gasteiger partial charge is 0.508 e. The number of rotatable bonds is 1. The van der Waals surface area contributed by atoms with Gasteiger partial charge in [-0.15, -0.1) is 0 Å². The highest BCUT2D eigenvalue weighted by Crippen LogP contribution is 2.42. The van der Waals surface area contributed by atoms with Crippen molar-refractivity contribution in [2.24, 2.45) is 0 Å². The van der Waals surface area contributed by atoms with Gasteiger partial charge in [-0.2, -0.15) is 9.78 Å². The average molecular weight is 252 g/mol. The molecule has 5 heteroatoms. The molecule has 1 aromatic rings. The van der Waals surface area contributed by atoms with E-state index in [2.05, 4.69) is 0 Å². The van der Waals surface area contributed by atoms with Gasteiger partial charge in [-0.25, -0.2) is 9.78 Å². The third-order valence-electron chi connectivity index (χ3n) is 3.63. The maximum atomic E-state index is 9.28. The van der Waals surface area contributed by atoms with Crippen LogP contribution in [0.1, 0.15) is 37.2 Å². The summed E-state index contributed by atoms with van der Waals surface area (Å²) < 4.78 is 0. The fraction of sp³-hybridized carbons (Fsp3) is 0.538. The molecule has 1 saturated carbocycles. The van der Waals surface area contributed by atoms with Crippen LogP contribution in [0.2, 0.25) is 0 Å². The van der Waals surface area contributed by atoms with Crippen molar-refractivity contribution in [3.05, 3.63) is 29.8 Å². The first-order chi connectivity index (χ1) is 8.77. The molecule has 5 nitrogen and oxygen atoms in total. The van der Waals surface area contributed by atoms with Crippen LogP contribution in [0.4, 0.5) is 0 Å². The Labute approximate surface area is 105 Å². The molecular formula is C13H16O5. The summed E-state index contributed by atoms with van der Waals surface area (Å²) in [6.07, 6.45) is 3.35. The molecule has 1 aliphatic heterocycles. The highest BCUT2D eigenvalue weighted by Gasteiger charge is 2.42. The zero-order valence-corrected chi connectivity index (χ0v) is 10.0. The molecule has 1 aliphatic carbocycles.